The summed E-state index contributed by atoms with van der Waals surface area (Å²) in [5, 5.41) is 0. The van der Waals surface area contributed by atoms with Gasteiger partial charge in [0.2, 0.25) is 0 Å². The molecule has 0 aliphatic rings. The van der Waals surface area contributed by atoms with Gasteiger partial charge in [-0.25, -0.2) is 4.79 Å². The molecule has 29 heavy (non-hydrogen) atoms. The van der Waals surface area contributed by atoms with E-state index in [1.54, 1.807) is 44.6 Å². The number of aryl methyl sites for hydroxylation is 1. The fraction of sp³-hybridized carbons (Fsp3) is 0.286. The molecule has 0 radical (unpaired) electrons. The number of rotatable bonds is 6. The number of benzene rings is 2. The average Bonchev–Trinajstić information content (AvgIpc) is 3.09. The lowest BCUT2D eigenvalue weighted by molar-refractivity contribution is -0.117. The molecular weight excluding hydrogens is 392 g/mol. The number of esters is 1. The number of methoxy groups -OCH3 is 3. The van der Waals surface area contributed by atoms with Crippen LogP contribution in [0.25, 0.3) is 10.2 Å². The van der Waals surface area contributed by atoms with Crippen LogP contribution in [0.15, 0.2) is 41.4 Å². The smallest absolute Gasteiger partial charge is 0.337 e. The summed E-state index contributed by atoms with van der Waals surface area (Å²) in [5.74, 6) is 0.556. The van der Waals surface area contributed by atoms with Crippen molar-refractivity contribution in [3.05, 3.63) is 52.3 Å². The highest BCUT2D eigenvalue weighted by molar-refractivity contribution is 7.16. The molecule has 0 fully saturated rings. The zero-order valence-electron chi connectivity index (χ0n) is 16.7. The lowest BCUT2D eigenvalue weighted by atomic mass is 10.1. The van der Waals surface area contributed by atoms with E-state index in [0.717, 1.165) is 15.8 Å². The second-order valence-electron chi connectivity index (χ2n) is 6.16. The van der Waals surface area contributed by atoms with Crippen molar-refractivity contribution >= 4 is 33.4 Å². The van der Waals surface area contributed by atoms with Crippen molar-refractivity contribution in [3.63, 3.8) is 0 Å². The Morgan fingerprint density at radius 1 is 1.07 bits per heavy atom. The number of thiazole rings is 1. The maximum absolute atomic E-state index is 12.6. The first-order chi connectivity index (χ1) is 14.0. The van der Waals surface area contributed by atoms with Crippen LogP contribution >= 0.6 is 11.3 Å². The van der Waals surface area contributed by atoms with Crippen LogP contribution in [0.1, 0.15) is 22.8 Å². The quantitative estimate of drug-likeness (QED) is 0.579. The van der Waals surface area contributed by atoms with Gasteiger partial charge in [-0.1, -0.05) is 17.4 Å². The Labute approximate surface area is 172 Å². The largest absolute Gasteiger partial charge is 0.497 e. The minimum absolute atomic E-state index is 0.110. The first-order valence-electron chi connectivity index (χ1n) is 9.00. The van der Waals surface area contributed by atoms with Gasteiger partial charge in [-0.15, -0.1) is 0 Å². The monoisotopic (exact) mass is 414 g/mol. The Balaban J connectivity index is 1.97. The number of hydrogen-bond acceptors (Lipinski definition) is 6. The van der Waals surface area contributed by atoms with E-state index in [1.165, 1.54) is 18.4 Å². The van der Waals surface area contributed by atoms with Crippen molar-refractivity contribution < 1.29 is 23.8 Å². The summed E-state index contributed by atoms with van der Waals surface area (Å²) in [5.41, 5.74) is 2.11. The molecule has 1 aromatic heterocycles. The molecule has 0 unspecified atom stereocenters. The number of carbonyl (C=O) groups is 2. The maximum Gasteiger partial charge on any atom is 0.337 e. The highest BCUT2D eigenvalue weighted by Gasteiger charge is 2.13. The average molecular weight is 414 g/mol. The standard InChI is InChI=1S/C21H22N2O5S/c1-5-23-16-9-7-14(20(25)28-4)10-18(16)29-21(23)22-19(24)11-13-6-8-15(26-2)12-17(13)27-3/h6-10,12H,5,11H2,1-4H3. The van der Waals surface area contributed by atoms with Gasteiger partial charge < -0.3 is 18.8 Å². The van der Waals surface area contributed by atoms with Gasteiger partial charge >= 0.3 is 5.97 Å². The van der Waals surface area contributed by atoms with Crippen LogP contribution in [0.5, 0.6) is 11.5 Å². The van der Waals surface area contributed by atoms with Crippen molar-refractivity contribution in [2.45, 2.75) is 19.9 Å². The van der Waals surface area contributed by atoms with Crippen LogP contribution in [0.2, 0.25) is 0 Å². The molecule has 0 N–H and O–H groups in total. The van der Waals surface area contributed by atoms with Crippen LogP contribution in [-0.2, 0) is 22.5 Å². The first kappa shape index (κ1) is 20.6. The van der Waals surface area contributed by atoms with Crippen LogP contribution in [-0.4, -0.2) is 37.8 Å². The maximum atomic E-state index is 12.6. The molecular formula is C21H22N2O5S. The van der Waals surface area contributed by atoms with E-state index in [1.807, 2.05) is 17.6 Å². The summed E-state index contributed by atoms with van der Waals surface area (Å²) in [6, 6.07) is 10.6. The summed E-state index contributed by atoms with van der Waals surface area (Å²) >= 11 is 1.36. The molecule has 0 aliphatic carbocycles. The number of amides is 1. The number of nitrogens with zero attached hydrogens (tertiary/aromatic N) is 2. The van der Waals surface area contributed by atoms with E-state index < -0.39 is 5.97 Å². The van der Waals surface area contributed by atoms with E-state index in [9.17, 15) is 9.59 Å². The Hall–Kier alpha value is -3.13. The summed E-state index contributed by atoms with van der Waals surface area (Å²) < 4.78 is 18.1. The topological polar surface area (TPSA) is 79.1 Å². The zero-order valence-corrected chi connectivity index (χ0v) is 17.5. The van der Waals surface area contributed by atoms with Gasteiger partial charge in [-0.2, -0.15) is 4.99 Å². The van der Waals surface area contributed by atoms with Crippen molar-refractivity contribution in [1.82, 2.24) is 4.57 Å². The van der Waals surface area contributed by atoms with Gasteiger partial charge in [0.1, 0.15) is 11.5 Å². The molecule has 0 aliphatic heterocycles. The van der Waals surface area contributed by atoms with Gasteiger partial charge in [0.05, 0.1) is 43.5 Å². The number of carbonyl (C=O) groups excluding carboxylic acids is 2. The van der Waals surface area contributed by atoms with Gasteiger partial charge in [0.15, 0.2) is 4.80 Å². The predicted octanol–water partition coefficient (Wildman–Crippen LogP) is 3.20. The van der Waals surface area contributed by atoms with Crippen molar-refractivity contribution in [2.75, 3.05) is 21.3 Å². The Morgan fingerprint density at radius 3 is 2.52 bits per heavy atom. The molecule has 0 atom stereocenters. The third-order valence-corrected chi connectivity index (χ3v) is 5.52. The van der Waals surface area contributed by atoms with E-state index in [4.69, 9.17) is 14.2 Å². The Kier molecular flexibility index (Phi) is 6.33. The van der Waals surface area contributed by atoms with Crippen molar-refractivity contribution in [3.8, 4) is 11.5 Å². The molecule has 3 rings (SSSR count). The zero-order chi connectivity index (χ0) is 21.0. The van der Waals surface area contributed by atoms with E-state index in [2.05, 4.69) is 4.99 Å². The molecule has 8 heteroatoms. The minimum atomic E-state index is -0.399. The fourth-order valence-electron chi connectivity index (χ4n) is 3.02. The molecule has 0 saturated carbocycles. The number of hydrogen-bond donors (Lipinski definition) is 0. The Morgan fingerprint density at radius 2 is 1.86 bits per heavy atom. The normalized spacial score (nSPS) is 11.5. The summed E-state index contributed by atoms with van der Waals surface area (Å²) in [6.45, 7) is 2.63. The van der Waals surface area contributed by atoms with Gasteiger partial charge in [-0.05, 0) is 31.2 Å². The first-order valence-corrected chi connectivity index (χ1v) is 9.82. The SMILES string of the molecule is CCn1c(=NC(=O)Cc2ccc(OC)cc2OC)sc2cc(C(=O)OC)ccc21. The van der Waals surface area contributed by atoms with E-state index >= 15 is 0 Å². The second-order valence-corrected chi connectivity index (χ2v) is 7.17. The van der Waals surface area contributed by atoms with Gasteiger partial charge in [0.25, 0.3) is 5.91 Å². The minimum Gasteiger partial charge on any atom is -0.497 e. The van der Waals surface area contributed by atoms with Crippen molar-refractivity contribution in [2.24, 2.45) is 4.99 Å². The molecule has 0 saturated heterocycles. The Bertz CT molecular complexity index is 1130. The van der Waals surface area contributed by atoms with Crippen LogP contribution in [0, 0.1) is 0 Å². The van der Waals surface area contributed by atoms with Crippen LogP contribution in [0.3, 0.4) is 0 Å². The lowest BCUT2D eigenvalue weighted by Crippen LogP contribution is -2.16. The number of fused-ring (bicyclic) bond motifs is 1. The lowest BCUT2D eigenvalue weighted by Gasteiger charge is -2.08. The third-order valence-electron chi connectivity index (χ3n) is 4.48. The van der Waals surface area contributed by atoms with E-state index in [-0.39, 0.29) is 12.3 Å². The molecule has 0 spiro atoms. The predicted molar refractivity (Wildman–Crippen MR) is 111 cm³/mol. The fourth-order valence-corrected chi connectivity index (χ4v) is 4.17. The third kappa shape index (κ3) is 4.32. The summed E-state index contributed by atoms with van der Waals surface area (Å²) in [7, 11) is 4.47. The molecule has 2 aromatic carbocycles. The van der Waals surface area contributed by atoms with Gasteiger partial charge in [0, 0.05) is 18.2 Å². The van der Waals surface area contributed by atoms with Gasteiger partial charge in [-0.3, -0.25) is 4.79 Å². The summed E-state index contributed by atoms with van der Waals surface area (Å²) in [4.78, 5) is 29.3. The molecule has 7 nitrogen and oxygen atoms in total. The highest BCUT2D eigenvalue weighted by Crippen LogP contribution is 2.25. The summed E-state index contributed by atoms with van der Waals surface area (Å²) in [6.07, 6.45) is 0.110. The molecule has 0 bridgehead atoms. The number of aromatic nitrogens is 1. The molecule has 1 amide bonds. The highest BCUT2D eigenvalue weighted by atomic mass is 32.1. The van der Waals surface area contributed by atoms with Crippen molar-refractivity contribution in [1.29, 1.82) is 0 Å². The second kappa shape index (κ2) is 8.91. The molecule has 3 aromatic rings. The van der Waals surface area contributed by atoms with Crippen LogP contribution < -0.4 is 14.3 Å². The van der Waals surface area contributed by atoms with E-state index in [0.29, 0.717) is 28.4 Å². The van der Waals surface area contributed by atoms with Crippen LogP contribution in [0.4, 0.5) is 0 Å². The molecule has 1 heterocycles. The number of ether oxygens (including phenoxy) is 3. The molecule has 152 valence electrons.